The summed E-state index contributed by atoms with van der Waals surface area (Å²) in [6, 6.07) is 16.4. The van der Waals surface area contributed by atoms with Gasteiger partial charge in [0.15, 0.2) is 11.5 Å². The lowest BCUT2D eigenvalue weighted by molar-refractivity contribution is 0.0725. The molecule has 0 unspecified atom stereocenters. The molecule has 0 spiro atoms. The Bertz CT molecular complexity index is 1290. The average molecular weight is 417 g/mol. The maximum absolute atomic E-state index is 13.6. The normalized spacial score (nSPS) is 19.5. The number of nitrogens with one attached hydrogen (secondary N) is 1. The van der Waals surface area contributed by atoms with E-state index < -0.39 is 0 Å². The van der Waals surface area contributed by atoms with Crippen molar-refractivity contribution in [3.63, 3.8) is 0 Å². The molecule has 4 aromatic rings. The van der Waals surface area contributed by atoms with Crippen molar-refractivity contribution in [1.29, 1.82) is 0 Å². The highest BCUT2D eigenvalue weighted by molar-refractivity contribution is 7.10. The summed E-state index contributed by atoms with van der Waals surface area (Å²) in [6.45, 7) is 0.638. The molecule has 2 aromatic heterocycles. The van der Waals surface area contributed by atoms with Crippen LogP contribution in [0.25, 0.3) is 10.9 Å². The molecule has 6 heteroatoms. The third kappa shape index (κ3) is 2.20. The number of H-pyrrole nitrogens is 1. The van der Waals surface area contributed by atoms with E-state index in [9.17, 15) is 4.79 Å². The van der Waals surface area contributed by atoms with Gasteiger partial charge in [-0.25, -0.2) is 0 Å². The van der Waals surface area contributed by atoms with E-state index in [0.717, 1.165) is 16.8 Å². The minimum atomic E-state index is -0.147. The summed E-state index contributed by atoms with van der Waals surface area (Å²) in [5.41, 5.74) is 5.07. The molecule has 2 atom stereocenters. The van der Waals surface area contributed by atoms with Gasteiger partial charge in [0.25, 0.3) is 5.91 Å². The second kappa shape index (κ2) is 6.37. The molecule has 5 nitrogen and oxygen atoms in total. The van der Waals surface area contributed by atoms with Gasteiger partial charge in [-0.3, -0.25) is 4.79 Å². The number of thiophene rings is 1. The fourth-order valence-electron chi connectivity index (χ4n) is 5.10. The number of fused-ring (bicyclic) bond motifs is 7. The second-order valence-electron chi connectivity index (χ2n) is 7.69. The van der Waals surface area contributed by atoms with Crippen LogP contribution in [0.1, 0.15) is 44.0 Å². The molecule has 2 aliphatic rings. The Morgan fingerprint density at radius 2 is 1.93 bits per heavy atom. The molecule has 0 aliphatic carbocycles. The first-order valence-electron chi connectivity index (χ1n) is 9.92. The van der Waals surface area contributed by atoms with E-state index in [1.54, 1.807) is 25.6 Å². The van der Waals surface area contributed by atoms with Gasteiger partial charge in [0.2, 0.25) is 0 Å². The Morgan fingerprint density at radius 1 is 1.07 bits per heavy atom. The molecule has 30 heavy (non-hydrogen) atoms. The number of methoxy groups -OCH3 is 2. The lowest BCUT2D eigenvalue weighted by Crippen LogP contribution is -2.37. The minimum absolute atomic E-state index is 0.00314. The van der Waals surface area contributed by atoms with Gasteiger partial charge in [0.1, 0.15) is 0 Å². The van der Waals surface area contributed by atoms with Gasteiger partial charge in [-0.1, -0.05) is 30.3 Å². The predicted molar refractivity (Wildman–Crippen MR) is 117 cm³/mol. The number of ether oxygens (including phenoxy) is 2. The number of nitrogens with zero attached hydrogens (tertiary/aromatic N) is 1. The number of para-hydroxylation sites is 1. The highest BCUT2D eigenvalue weighted by atomic mass is 32.1. The highest BCUT2D eigenvalue weighted by Gasteiger charge is 2.47. The molecule has 0 saturated heterocycles. The molecule has 0 radical (unpaired) electrons. The molecule has 2 aliphatic heterocycles. The van der Waals surface area contributed by atoms with Gasteiger partial charge in [-0.05, 0) is 34.7 Å². The molecule has 1 N–H and O–H groups in total. The SMILES string of the molecule is COc1ccc2c(c1OC)C(=O)N1C[C@H](c3cccs3)c3c([nH]c4ccccc34)[C@@H]21. The first-order valence-corrected chi connectivity index (χ1v) is 10.8. The molecular formula is C24H20N2O3S. The van der Waals surface area contributed by atoms with Gasteiger partial charge >= 0.3 is 0 Å². The number of benzene rings is 2. The minimum Gasteiger partial charge on any atom is -0.493 e. The summed E-state index contributed by atoms with van der Waals surface area (Å²) >= 11 is 1.74. The zero-order valence-electron chi connectivity index (χ0n) is 16.6. The lowest BCUT2D eigenvalue weighted by Gasteiger charge is -2.35. The quantitative estimate of drug-likeness (QED) is 0.515. The predicted octanol–water partition coefficient (Wildman–Crippen LogP) is 4.94. The van der Waals surface area contributed by atoms with Gasteiger partial charge < -0.3 is 19.4 Å². The largest absolute Gasteiger partial charge is 0.493 e. The number of amides is 1. The Labute approximate surface area is 177 Å². The summed E-state index contributed by atoms with van der Waals surface area (Å²) in [4.78, 5) is 20.5. The monoisotopic (exact) mass is 416 g/mol. The van der Waals surface area contributed by atoms with E-state index in [1.807, 2.05) is 23.1 Å². The molecule has 1 amide bonds. The number of carbonyl (C=O) groups is 1. The van der Waals surface area contributed by atoms with Crippen LogP contribution in [-0.2, 0) is 0 Å². The number of aromatic amines is 1. The summed E-state index contributed by atoms with van der Waals surface area (Å²) in [7, 11) is 3.19. The Kier molecular flexibility index (Phi) is 3.74. The van der Waals surface area contributed by atoms with E-state index in [0.29, 0.717) is 23.6 Å². The third-order valence-corrected chi connectivity index (χ3v) is 7.31. The Balaban J connectivity index is 1.64. The van der Waals surface area contributed by atoms with Crippen molar-refractivity contribution < 1.29 is 14.3 Å². The Morgan fingerprint density at radius 3 is 2.70 bits per heavy atom. The van der Waals surface area contributed by atoms with Crippen LogP contribution < -0.4 is 9.47 Å². The van der Waals surface area contributed by atoms with E-state index in [4.69, 9.17) is 9.47 Å². The molecule has 6 rings (SSSR count). The van der Waals surface area contributed by atoms with Gasteiger partial charge in [0, 0.05) is 33.9 Å². The summed E-state index contributed by atoms with van der Waals surface area (Å²) in [5.74, 6) is 1.23. The fraction of sp³-hybridized carbons (Fsp3) is 0.208. The van der Waals surface area contributed by atoms with Gasteiger partial charge in [-0.2, -0.15) is 0 Å². The van der Waals surface area contributed by atoms with E-state index >= 15 is 0 Å². The van der Waals surface area contributed by atoms with Crippen LogP contribution >= 0.6 is 11.3 Å². The van der Waals surface area contributed by atoms with Crippen LogP contribution in [0.2, 0.25) is 0 Å². The number of hydrogen-bond acceptors (Lipinski definition) is 4. The highest BCUT2D eigenvalue weighted by Crippen LogP contribution is 2.52. The maximum Gasteiger partial charge on any atom is 0.259 e. The van der Waals surface area contributed by atoms with Crippen molar-refractivity contribution in [2.24, 2.45) is 0 Å². The number of aromatic nitrogens is 1. The second-order valence-corrected chi connectivity index (χ2v) is 8.67. The number of rotatable bonds is 3. The molecule has 0 fully saturated rings. The zero-order chi connectivity index (χ0) is 20.4. The van der Waals surface area contributed by atoms with Crippen molar-refractivity contribution in [1.82, 2.24) is 9.88 Å². The molecular weight excluding hydrogens is 396 g/mol. The van der Waals surface area contributed by atoms with Crippen LogP contribution in [-0.4, -0.2) is 36.6 Å². The van der Waals surface area contributed by atoms with Crippen molar-refractivity contribution in [2.75, 3.05) is 20.8 Å². The van der Waals surface area contributed by atoms with Crippen LogP contribution in [0.15, 0.2) is 53.9 Å². The van der Waals surface area contributed by atoms with Crippen LogP contribution in [0, 0.1) is 0 Å². The number of hydrogen-bond donors (Lipinski definition) is 1. The maximum atomic E-state index is 13.6. The third-order valence-electron chi connectivity index (χ3n) is 6.32. The Hall–Kier alpha value is -3.25. The van der Waals surface area contributed by atoms with Crippen LogP contribution in [0.5, 0.6) is 11.5 Å². The lowest BCUT2D eigenvalue weighted by atomic mass is 9.86. The topological polar surface area (TPSA) is 54.6 Å². The molecule has 0 bridgehead atoms. The summed E-state index contributed by atoms with van der Waals surface area (Å²) in [6.07, 6.45) is 0. The first-order chi connectivity index (χ1) is 14.7. The zero-order valence-corrected chi connectivity index (χ0v) is 17.5. The molecule has 4 heterocycles. The van der Waals surface area contributed by atoms with Gasteiger partial charge in [-0.15, -0.1) is 11.3 Å². The van der Waals surface area contributed by atoms with Crippen molar-refractivity contribution in [2.45, 2.75) is 12.0 Å². The van der Waals surface area contributed by atoms with E-state index in [2.05, 4.69) is 40.7 Å². The van der Waals surface area contributed by atoms with E-state index in [1.165, 1.54) is 15.8 Å². The first kappa shape index (κ1) is 17.6. The summed E-state index contributed by atoms with van der Waals surface area (Å²) < 4.78 is 11.1. The standard InChI is InChI=1S/C24H20N2O3S/c1-28-17-10-9-14-20(23(17)29-2)24(27)26-12-15(18-8-5-11-30-18)19-13-6-3-4-7-16(13)25-21(19)22(14)26/h3-11,15,22,25H,12H2,1-2H3/t15-,22-/m1/s1. The molecule has 150 valence electrons. The number of carbonyl (C=O) groups excluding carboxylic acids is 1. The van der Waals surface area contributed by atoms with Crippen molar-refractivity contribution in [3.8, 4) is 11.5 Å². The van der Waals surface area contributed by atoms with E-state index in [-0.39, 0.29) is 17.9 Å². The van der Waals surface area contributed by atoms with Crippen LogP contribution in [0.4, 0.5) is 0 Å². The van der Waals surface area contributed by atoms with Crippen LogP contribution in [0.3, 0.4) is 0 Å². The van der Waals surface area contributed by atoms with Gasteiger partial charge in [0.05, 0.1) is 25.8 Å². The fourth-order valence-corrected chi connectivity index (χ4v) is 5.93. The molecule has 2 aromatic carbocycles. The smallest absolute Gasteiger partial charge is 0.259 e. The molecule has 0 saturated carbocycles. The van der Waals surface area contributed by atoms with Crippen molar-refractivity contribution >= 4 is 28.1 Å². The average Bonchev–Trinajstić information content (AvgIpc) is 3.50. The summed E-state index contributed by atoms with van der Waals surface area (Å²) in [5, 5.41) is 3.33. The van der Waals surface area contributed by atoms with Crippen molar-refractivity contribution in [3.05, 3.63) is 81.2 Å².